The molecule has 2 fully saturated rings. The van der Waals surface area contributed by atoms with Gasteiger partial charge in [0.25, 0.3) is 0 Å². The highest BCUT2D eigenvalue weighted by atomic mass is 16.2. The molecule has 25 heavy (non-hydrogen) atoms. The van der Waals surface area contributed by atoms with Crippen molar-refractivity contribution >= 4 is 23.3 Å². The molecule has 3 unspecified atom stereocenters. The Morgan fingerprint density at radius 3 is 2.72 bits per heavy atom. The molecule has 3 atom stereocenters. The van der Waals surface area contributed by atoms with Crippen LogP contribution in [0.2, 0.25) is 0 Å². The lowest BCUT2D eigenvalue weighted by molar-refractivity contribution is -0.124. The number of rotatable bonds is 5. The quantitative estimate of drug-likeness (QED) is 0.799. The molecule has 3 N–H and O–H groups in total. The van der Waals surface area contributed by atoms with Crippen molar-refractivity contribution in [3.63, 3.8) is 0 Å². The second-order valence-corrected chi connectivity index (χ2v) is 7.12. The van der Waals surface area contributed by atoms with Crippen molar-refractivity contribution in [1.82, 2.24) is 4.90 Å². The smallest absolute Gasteiger partial charge is 0.238 e. The molecule has 0 radical (unpaired) electrons. The first-order chi connectivity index (χ1) is 12.0. The first-order valence-corrected chi connectivity index (χ1v) is 8.91. The second-order valence-electron chi connectivity index (χ2n) is 7.12. The molecule has 1 aliphatic heterocycles. The van der Waals surface area contributed by atoms with Gasteiger partial charge in [0.2, 0.25) is 11.8 Å². The van der Waals surface area contributed by atoms with E-state index in [2.05, 4.69) is 5.32 Å². The Bertz CT molecular complexity index is 688. The zero-order valence-electron chi connectivity index (χ0n) is 14.5. The van der Waals surface area contributed by atoms with E-state index in [1.807, 2.05) is 4.90 Å². The maximum atomic E-state index is 12.5. The lowest BCUT2D eigenvalue weighted by Crippen LogP contribution is -2.48. The number of likely N-dealkylation sites (tertiary alicyclic amines) is 1. The van der Waals surface area contributed by atoms with E-state index >= 15 is 0 Å². The summed E-state index contributed by atoms with van der Waals surface area (Å²) in [6.45, 7) is 1.64. The van der Waals surface area contributed by atoms with E-state index in [9.17, 15) is 14.4 Å². The van der Waals surface area contributed by atoms with E-state index in [-0.39, 0.29) is 36.2 Å². The van der Waals surface area contributed by atoms with Gasteiger partial charge in [0, 0.05) is 17.3 Å². The number of fused-ring (bicyclic) bond motifs is 1. The third-order valence-corrected chi connectivity index (χ3v) is 5.43. The van der Waals surface area contributed by atoms with Crippen molar-refractivity contribution in [3.05, 3.63) is 29.8 Å². The van der Waals surface area contributed by atoms with Crippen molar-refractivity contribution < 1.29 is 14.4 Å². The van der Waals surface area contributed by atoms with Gasteiger partial charge in [-0.05, 0) is 44.2 Å². The number of primary amides is 1. The Kier molecular flexibility index (Phi) is 5.18. The van der Waals surface area contributed by atoms with Gasteiger partial charge in [0.15, 0.2) is 5.78 Å². The lowest BCUT2D eigenvalue weighted by atomic mass is 9.84. The van der Waals surface area contributed by atoms with Crippen molar-refractivity contribution in [2.75, 3.05) is 11.9 Å². The fourth-order valence-electron chi connectivity index (χ4n) is 4.24. The highest BCUT2D eigenvalue weighted by Crippen LogP contribution is 2.39. The molecule has 1 heterocycles. The van der Waals surface area contributed by atoms with E-state index in [0.29, 0.717) is 17.2 Å². The van der Waals surface area contributed by atoms with E-state index in [0.717, 1.165) is 25.7 Å². The number of benzene rings is 1. The van der Waals surface area contributed by atoms with Crippen LogP contribution in [-0.2, 0) is 9.59 Å². The number of nitrogens with zero attached hydrogens (tertiary/aromatic N) is 1. The van der Waals surface area contributed by atoms with Gasteiger partial charge in [-0.3, -0.25) is 19.3 Å². The summed E-state index contributed by atoms with van der Waals surface area (Å²) in [6.07, 6.45) is 5.19. The van der Waals surface area contributed by atoms with Crippen LogP contribution in [0.15, 0.2) is 24.3 Å². The summed E-state index contributed by atoms with van der Waals surface area (Å²) in [4.78, 5) is 37.8. The van der Waals surface area contributed by atoms with E-state index < -0.39 is 0 Å². The summed E-state index contributed by atoms with van der Waals surface area (Å²) in [5, 5.41) is 2.83. The van der Waals surface area contributed by atoms with E-state index in [1.165, 1.54) is 13.3 Å². The summed E-state index contributed by atoms with van der Waals surface area (Å²) >= 11 is 0. The minimum Gasteiger partial charge on any atom is -0.368 e. The van der Waals surface area contributed by atoms with Gasteiger partial charge < -0.3 is 11.1 Å². The first-order valence-electron chi connectivity index (χ1n) is 8.91. The Morgan fingerprint density at radius 2 is 2.00 bits per heavy atom. The SMILES string of the molecule is CC(=O)c1cccc(NC(=O)CN2C(C(N)=O)CC3CCCCC32)c1. The molecule has 6 heteroatoms. The molecule has 134 valence electrons. The number of carbonyl (C=O) groups excluding carboxylic acids is 3. The molecule has 0 aromatic heterocycles. The van der Waals surface area contributed by atoms with Gasteiger partial charge in [-0.15, -0.1) is 0 Å². The number of hydrogen-bond donors (Lipinski definition) is 2. The molecule has 3 rings (SSSR count). The summed E-state index contributed by atoms with van der Waals surface area (Å²) in [5.41, 5.74) is 6.72. The van der Waals surface area contributed by atoms with Gasteiger partial charge >= 0.3 is 0 Å². The Morgan fingerprint density at radius 1 is 1.24 bits per heavy atom. The van der Waals surface area contributed by atoms with Gasteiger partial charge in [0.1, 0.15) is 0 Å². The number of amides is 2. The van der Waals surface area contributed by atoms with Crippen molar-refractivity contribution in [2.45, 2.75) is 51.1 Å². The molecule has 6 nitrogen and oxygen atoms in total. The Balaban J connectivity index is 1.69. The molecule has 2 amide bonds. The van der Waals surface area contributed by atoms with Gasteiger partial charge in [-0.2, -0.15) is 0 Å². The van der Waals surface area contributed by atoms with Crippen LogP contribution >= 0.6 is 0 Å². The molecular weight excluding hydrogens is 318 g/mol. The zero-order valence-corrected chi connectivity index (χ0v) is 14.5. The molecular formula is C19H25N3O3. The van der Waals surface area contributed by atoms with Crippen LogP contribution < -0.4 is 11.1 Å². The predicted molar refractivity (Wildman–Crippen MR) is 95.1 cm³/mol. The average molecular weight is 343 g/mol. The third-order valence-electron chi connectivity index (χ3n) is 5.43. The maximum absolute atomic E-state index is 12.5. The van der Waals surface area contributed by atoms with Crippen molar-refractivity contribution in [1.29, 1.82) is 0 Å². The maximum Gasteiger partial charge on any atom is 0.238 e. The fraction of sp³-hybridized carbons (Fsp3) is 0.526. The van der Waals surface area contributed by atoms with Crippen LogP contribution in [-0.4, -0.2) is 41.1 Å². The van der Waals surface area contributed by atoms with Crippen LogP contribution in [0, 0.1) is 5.92 Å². The highest BCUT2D eigenvalue weighted by molar-refractivity contribution is 5.97. The van der Waals surface area contributed by atoms with Gasteiger partial charge in [-0.1, -0.05) is 25.0 Å². The van der Waals surface area contributed by atoms with Crippen LogP contribution in [0.3, 0.4) is 0 Å². The van der Waals surface area contributed by atoms with Crippen LogP contribution in [0.4, 0.5) is 5.69 Å². The van der Waals surface area contributed by atoms with Gasteiger partial charge in [-0.25, -0.2) is 0 Å². The molecule has 1 aromatic rings. The number of hydrogen-bond acceptors (Lipinski definition) is 4. The fourth-order valence-corrected chi connectivity index (χ4v) is 4.24. The Hall–Kier alpha value is -2.21. The highest BCUT2D eigenvalue weighted by Gasteiger charge is 2.44. The zero-order chi connectivity index (χ0) is 18.0. The lowest BCUT2D eigenvalue weighted by Gasteiger charge is -2.32. The second kappa shape index (κ2) is 7.35. The van der Waals surface area contributed by atoms with Crippen molar-refractivity contribution in [3.8, 4) is 0 Å². The number of Topliss-reactive ketones (excluding diaryl/α,β-unsaturated/α-hetero) is 1. The summed E-state index contributed by atoms with van der Waals surface area (Å²) in [7, 11) is 0. The van der Waals surface area contributed by atoms with Crippen LogP contribution in [0.5, 0.6) is 0 Å². The number of nitrogens with two attached hydrogens (primary N) is 1. The minimum absolute atomic E-state index is 0.0468. The number of anilines is 1. The first kappa shape index (κ1) is 17.6. The van der Waals surface area contributed by atoms with Crippen molar-refractivity contribution in [2.24, 2.45) is 11.7 Å². The molecule has 1 saturated heterocycles. The van der Waals surface area contributed by atoms with Gasteiger partial charge in [0.05, 0.1) is 12.6 Å². The molecule has 1 aromatic carbocycles. The van der Waals surface area contributed by atoms with Crippen LogP contribution in [0.25, 0.3) is 0 Å². The summed E-state index contributed by atoms with van der Waals surface area (Å²) < 4.78 is 0. The number of carbonyl (C=O) groups is 3. The summed E-state index contributed by atoms with van der Waals surface area (Å²) in [5.74, 6) is -0.117. The normalized spacial score (nSPS) is 26.0. The molecule has 1 saturated carbocycles. The molecule has 1 aliphatic carbocycles. The van der Waals surface area contributed by atoms with Crippen LogP contribution in [0.1, 0.15) is 49.4 Å². The molecule has 0 spiro atoms. The third kappa shape index (κ3) is 3.90. The standard InChI is InChI=1S/C19H25N3O3/c1-12(23)13-6-4-7-15(9-13)21-18(24)11-22-16-8-3-2-5-14(16)10-17(22)19(20)25/h4,6-7,9,14,16-17H,2-3,5,8,10-11H2,1H3,(H2,20,25)(H,21,24). The minimum atomic E-state index is -0.359. The number of nitrogens with one attached hydrogen (secondary N) is 1. The molecule has 0 bridgehead atoms. The number of ketones is 1. The summed E-state index contributed by atoms with van der Waals surface area (Å²) in [6, 6.07) is 6.78. The average Bonchev–Trinajstić information content (AvgIpc) is 2.94. The van der Waals surface area contributed by atoms with E-state index in [1.54, 1.807) is 24.3 Å². The predicted octanol–water partition coefficient (Wildman–Crippen LogP) is 1.95. The largest absolute Gasteiger partial charge is 0.368 e. The Labute approximate surface area is 147 Å². The monoisotopic (exact) mass is 343 g/mol. The van der Waals surface area contributed by atoms with E-state index in [4.69, 9.17) is 5.73 Å². The molecule has 2 aliphatic rings. The topological polar surface area (TPSA) is 92.5 Å².